The maximum absolute atomic E-state index is 5.50. The van der Waals surface area contributed by atoms with Gasteiger partial charge >= 0.3 is 0 Å². The quantitative estimate of drug-likeness (QED) is 0.344. The Balaban J connectivity index is 0.00000220. The van der Waals surface area contributed by atoms with Gasteiger partial charge < -0.3 is 11.8 Å². The van der Waals surface area contributed by atoms with E-state index in [1.807, 2.05) is 72.6 Å². The van der Waals surface area contributed by atoms with Crippen molar-refractivity contribution in [3.05, 3.63) is 60.7 Å². The summed E-state index contributed by atoms with van der Waals surface area (Å²) in [7, 11) is 0. The third-order valence-corrected chi connectivity index (χ3v) is 2.77. The summed E-state index contributed by atoms with van der Waals surface area (Å²) in [6, 6.07) is 19.7. The van der Waals surface area contributed by atoms with Crippen molar-refractivity contribution in [1.29, 1.82) is 0 Å². The van der Waals surface area contributed by atoms with Gasteiger partial charge in [-0.15, -0.1) is 0 Å². The second kappa shape index (κ2) is 9.43. The van der Waals surface area contributed by atoms with Crippen molar-refractivity contribution in [2.24, 2.45) is 10.2 Å². The number of hydrogen-bond acceptors (Lipinski definition) is 4. The van der Waals surface area contributed by atoms with Crippen molar-refractivity contribution in [2.45, 2.75) is 6.92 Å². The molecule has 1 radical (unpaired) electrons. The van der Waals surface area contributed by atoms with Crippen molar-refractivity contribution >= 4 is 24.3 Å². The molecule has 105 valence electrons. The minimum absolute atomic E-state index is 0. The molecule has 0 fully saturated rings. The molecule has 4 nitrogen and oxygen atoms in total. The molecule has 0 heterocycles. The van der Waals surface area contributed by atoms with E-state index in [-0.39, 0.29) is 32.7 Å². The van der Waals surface area contributed by atoms with Crippen LogP contribution in [0, 0.1) is 0 Å². The van der Waals surface area contributed by atoms with Gasteiger partial charge in [-0.05, 0) is 31.2 Å². The fourth-order valence-electron chi connectivity index (χ4n) is 1.84. The molecule has 0 aliphatic heterocycles. The van der Waals surface area contributed by atoms with Gasteiger partial charge in [0, 0.05) is 38.9 Å². The monoisotopic (exact) mass is 354 g/mol. The van der Waals surface area contributed by atoms with Crippen LogP contribution < -0.4 is 10.0 Å². The zero-order chi connectivity index (χ0) is 14.2. The molecule has 5 heteroatoms. The van der Waals surface area contributed by atoms with Crippen LogP contribution in [0.4, 0.5) is 11.4 Å². The average Bonchev–Trinajstić information content (AvgIpc) is 2.53. The number of nitrogens with zero attached hydrogens (tertiary/aromatic N) is 4. The standard InChI is InChI=1S/C16H17N4.Y/c1-3-18-20(16-12-8-5-9-13-16)14-19(17-2)15-10-6-4-7-11-15;/h2-13H,14H2,1H3;/q-1;/b18-3+;. The SMILES string of the molecule is [CH-]=NN(CN(/N=C/C)c1ccccc1)c1ccccc1.[Y]. The van der Waals surface area contributed by atoms with Crippen molar-refractivity contribution < 1.29 is 32.7 Å². The zero-order valence-electron chi connectivity index (χ0n) is 12.0. The summed E-state index contributed by atoms with van der Waals surface area (Å²) in [6.45, 7) is 7.82. The summed E-state index contributed by atoms with van der Waals surface area (Å²) in [6.07, 6.45) is 1.74. The fraction of sp³-hybridized carbons (Fsp3) is 0.125. The third kappa shape index (κ3) is 5.07. The van der Waals surface area contributed by atoms with Crippen molar-refractivity contribution in [3.63, 3.8) is 0 Å². The van der Waals surface area contributed by atoms with Crippen LogP contribution in [0.15, 0.2) is 70.9 Å². The van der Waals surface area contributed by atoms with E-state index in [9.17, 15) is 0 Å². The molecular formula is C16H17N4Y-. The van der Waals surface area contributed by atoms with Crippen LogP contribution in [0.25, 0.3) is 0 Å². The van der Waals surface area contributed by atoms with E-state index in [0.29, 0.717) is 6.67 Å². The maximum Gasteiger partial charge on any atom is 0.131 e. The minimum Gasteiger partial charge on any atom is -0.398 e. The molecular weight excluding hydrogens is 337 g/mol. The van der Waals surface area contributed by atoms with Crippen LogP contribution >= 0.6 is 0 Å². The van der Waals surface area contributed by atoms with E-state index in [0.717, 1.165) is 11.4 Å². The van der Waals surface area contributed by atoms with E-state index in [1.54, 1.807) is 11.2 Å². The number of hydrogen-bond donors (Lipinski definition) is 0. The Bertz CT molecular complexity index is 557. The maximum atomic E-state index is 5.50. The van der Waals surface area contributed by atoms with Gasteiger partial charge in [0.15, 0.2) is 0 Å². The Kier molecular flexibility index (Phi) is 7.87. The van der Waals surface area contributed by atoms with Gasteiger partial charge in [0.1, 0.15) is 6.67 Å². The van der Waals surface area contributed by atoms with Crippen molar-refractivity contribution in [2.75, 3.05) is 16.7 Å². The van der Waals surface area contributed by atoms with Crippen molar-refractivity contribution in [1.82, 2.24) is 0 Å². The van der Waals surface area contributed by atoms with Gasteiger partial charge in [-0.1, -0.05) is 36.4 Å². The molecule has 2 rings (SSSR count). The van der Waals surface area contributed by atoms with E-state index < -0.39 is 0 Å². The summed E-state index contributed by atoms with van der Waals surface area (Å²) >= 11 is 0. The Labute approximate surface area is 151 Å². The number of benzene rings is 2. The van der Waals surface area contributed by atoms with Crippen LogP contribution in [0.3, 0.4) is 0 Å². The molecule has 0 spiro atoms. The van der Waals surface area contributed by atoms with Gasteiger partial charge in [-0.25, -0.2) is 5.01 Å². The molecule has 0 atom stereocenters. The van der Waals surface area contributed by atoms with E-state index >= 15 is 0 Å². The first-order chi connectivity index (χ1) is 9.85. The van der Waals surface area contributed by atoms with Crippen LogP contribution in [-0.4, -0.2) is 19.6 Å². The molecule has 0 unspecified atom stereocenters. The number of hydrazone groups is 2. The van der Waals surface area contributed by atoms with Crippen LogP contribution in [0.2, 0.25) is 0 Å². The molecule has 2 aromatic rings. The first-order valence-corrected chi connectivity index (χ1v) is 6.39. The third-order valence-electron chi connectivity index (χ3n) is 2.77. The topological polar surface area (TPSA) is 31.2 Å². The molecule has 0 saturated carbocycles. The van der Waals surface area contributed by atoms with Crippen LogP contribution in [0.1, 0.15) is 6.92 Å². The van der Waals surface area contributed by atoms with Gasteiger partial charge in [0.05, 0.1) is 11.4 Å². The zero-order valence-corrected chi connectivity index (χ0v) is 14.8. The van der Waals surface area contributed by atoms with Crippen LogP contribution in [-0.2, 0) is 32.7 Å². The Morgan fingerprint density at radius 1 is 0.905 bits per heavy atom. The van der Waals surface area contributed by atoms with E-state index in [2.05, 4.69) is 10.2 Å². The molecule has 0 aliphatic carbocycles. The molecule has 0 N–H and O–H groups in total. The molecule has 21 heavy (non-hydrogen) atoms. The van der Waals surface area contributed by atoms with Crippen molar-refractivity contribution in [3.8, 4) is 0 Å². The normalized spacial score (nSPS) is 9.95. The fourth-order valence-corrected chi connectivity index (χ4v) is 1.84. The Hall–Kier alpha value is -1.52. The predicted molar refractivity (Wildman–Crippen MR) is 85.4 cm³/mol. The van der Waals surface area contributed by atoms with Gasteiger partial charge in [-0.3, -0.25) is 5.01 Å². The van der Waals surface area contributed by atoms with Gasteiger partial charge in [0.2, 0.25) is 0 Å². The first-order valence-electron chi connectivity index (χ1n) is 6.39. The number of rotatable bonds is 6. The Morgan fingerprint density at radius 3 is 1.81 bits per heavy atom. The molecule has 0 aliphatic rings. The first kappa shape index (κ1) is 17.5. The minimum atomic E-state index is 0. The van der Waals surface area contributed by atoms with E-state index in [1.165, 1.54) is 0 Å². The largest absolute Gasteiger partial charge is 0.398 e. The van der Waals surface area contributed by atoms with E-state index in [4.69, 9.17) is 6.72 Å². The summed E-state index contributed by atoms with van der Waals surface area (Å²) in [5.41, 5.74) is 1.90. The van der Waals surface area contributed by atoms with Gasteiger partial charge in [-0.2, -0.15) is 5.10 Å². The number of anilines is 2. The predicted octanol–water partition coefficient (Wildman–Crippen LogP) is 3.45. The molecule has 0 amide bonds. The molecule has 2 aromatic carbocycles. The molecule has 0 saturated heterocycles. The summed E-state index contributed by atoms with van der Waals surface area (Å²) in [5.74, 6) is 0. The summed E-state index contributed by atoms with van der Waals surface area (Å²) < 4.78 is 0. The number of para-hydroxylation sites is 2. The average molecular weight is 354 g/mol. The van der Waals surface area contributed by atoms with Gasteiger partial charge in [0.25, 0.3) is 0 Å². The smallest absolute Gasteiger partial charge is 0.131 e. The van der Waals surface area contributed by atoms with Crippen LogP contribution in [0.5, 0.6) is 0 Å². The molecule has 0 bridgehead atoms. The summed E-state index contributed by atoms with van der Waals surface area (Å²) in [5, 5.41) is 11.7. The molecule has 0 aromatic heterocycles. The second-order valence-corrected chi connectivity index (χ2v) is 4.10. The Morgan fingerprint density at radius 2 is 1.38 bits per heavy atom. The second-order valence-electron chi connectivity index (χ2n) is 4.10. The summed E-state index contributed by atoms with van der Waals surface area (Å²) in [4.78, 5) is 0.